The Balaban J connectivity index is 1.43. The van der Waals surface area contributed by atoms with E-state index >= 15 is 0 Å². The lowest BCUT2D eigenvalue weighted by Gasteiger charge is -2.07. The molecule has 142 valence electrons. The smallest absolute Gasteiger partial charge is 0.387 e. The van der Waals surface area contributed by atoms with E-state index < -0.39 is 6.61 Å². The molecule has 0 radical (unpaired) electrons. The number of carbonyl (C=O) groups is 1. The summed E-state index contributed by atoms with van der Waals surface area (Å²) >= 11 is 1.39. The summed E-state index contributed by atoms with van der Waals surface area (Å²) in [5.74, 6) is 0.319. The predicted octanol–water partition coefficient (Wildman–Crippen LogP) is 3.63. The number of hydrogen-bond donors (Lipinski definition) is 1. The molecule has 8 heteroatoms. The third-order valence-electron chi connectivity index (χ3n) is 3.96. The van der Waals surface area contributed by atoms with Gasteiger partial charge in [-0.2, -0.15) is 8.78 Å². The highest BCUT2D eigenvalue weighted by Gasteiger charge is 2.10. The molecule has 1 aromatic heterocycles. The zero-order valence-corrected chi connectivity index (χ0v) is 15.5. The van der Waals surface area contributed by atoms with Crippen LogP contribution in [0.3, 0.4) is 0 Å². The first-order valence-electron chi connectivity index (χ1n) is 8.37. The van der Waals surface area contributed by atoms with Crippen LogP contribution in [0, 0.1) is 0 Å². The topological polar surface area (TPSA) is 56.2 Å². The standard InChI is InChI=1S/C19H19F2N3O2S/c1-24-16-5-3-2-4-15(16)23-19(24)27-12-17(25)22-11-10-13-6-8-14(9-7-13)26-18(20)21/h2-9,18H,10-12H2,1H3,(H,22,25). The summed E-state index contributed by atoms with van der Waals surface area (Å²) in [4.78, 5) is 16.6. The van der Waals surface area contributed by atoms with Crippen LogP contribution in [0.4, 0.5) is 8.78 Å². The van der Waals surface area contributed by atoms with E-state index in [0.29, 0.717) is 13.0 Å². The average molecular weight is 391 g/mol. The number of amides is 1. The quantitative estimate of drug-likeness (QED) is 0.596. The number of ether oxygens (including phenoxy) is 1. The van der Waals surface area contributed by atoms with Crippen molar-refractivity contribution >= 4 is 28.7 Å². The van der Waals surface area contributed by atoms with Gasteiger partial charge in [0.1, 0.15) is 5.75 Å². The summed E-state index contributed by atoms with van der Waals surface area (Å²) < 4.78 is 30.5. The first kappa shape index (κ1) is 19.2. The molecule has 0 bridgehead atoms. The Morgan fingerprint density at radius 2 is 1.96 bits per heavy atom. The van der Waals surface area contributed by atoms with E-state index in [1.165, 1.54) is 23.9 Å². The first-order valence-corrected chi connectivity index (χ1v) is 9.36. The van der Waals surface area contributed by atoms with E-state index in [9.17, 15) is 13.6 Å². The van der Waals surface area contributed by atoms with E-state index in [1.807, 2.05) is 35.9 Å². The van der Waals surface area contributed by atoms with Crippen LogP contribution in [0.25, 0.3) is 11.0 Å². The Morgan fingerprint density at radius 1 is 1.22 bits per heavy atom. The molecule has 0 saturated heterocycles. The molecule has 3 rings (SSSR count). The number of rotatable bonds is 8. The number of nitrogens with one attached hydrogen (secondary N) is 1. The lowest BCUT2D eigenvalue weighted by Crippen LogP contribution is -2.27. The molecule has 1 N–H and O–H groups in total. The van der Waals surface area contributed by atoms with Gasteiger partial charge in [0, 0.05) is 13.6 Å². The summed E-state index contributed by atoms with van der Waals surface area (Å²) in [7, 11) is 1.93. The first-order chi connectivity index (χ1) is 13.0. The molecule has 0 saturated carbocycles. The third kappa shape index (κ3) is 5.19. The Labute approximate surface area is 159 Å². The molecule has 0 atom stereocenters. The van der Waals surface area contributed by atoms with E-state index in [1.54, 1.807) is 12.1 Å². The van der Waals surface area contributed by atoms with Gasteiger partial charge in [-0.05, 0) is 36.2 Å². The molecule has 0 aliphatic heterocycles. The van der Waals surface area contributed by atoms with Crippen LogP contribution in [0.1, 0.15) is 5.56 Å². The van der Waals surface area contributed by atoms with Crippen molar-refractivity contribution in [2.24, 2.45) is 7.05 Å². The molecule has 27 heavy (non-hydrogen) atoms. The molecule has 0 unspecified atom stereocenters. The van der Waals surface area contributed by atoms with Crippen LogP contribution in [0.2, 0.25) is 0 Å². The van der Waals surface area contributed by atoms with Crippen LogP contribution >= 0.6 is 11.8 Å². The maximum Gasteiger partial charge on any atom is 0.387 e. The third-order valence-corrected chi connectivity index (χ3v) is 4.99. The molecule has 0 aliphatic carbocycles. The van der Waals surface area contributed by atoms with Gasteiger partial charge < -0.3 is 14.6 Å². The lowest BCUT2D eigenvalue weighted by molar-refractivity contribution is -0.118. The fourth-order valence-corrected chi connectivity index (χ4v) is 3.43. The van der Waals surface area contributed by atoms with Crippen molar-refractivity contribution in [3.63, 3.8) is 0 Å². The molecule has 3 aromatic rings. The van der Waals surface area contributed by atoms with Gasteiger partial charge in [-0.25, -0.2) is 4.98 Å². The second kappa shape index (κ2) is 8.85. The van der Waals surface area contributed by atoms with Crippen molar-refractivity contribution in [2.75, 3.05) is 12.3 Å². The van der Waals surface area contributed by atoms with Crippen molar-refractivity contribution in [1.82, 2.24) is 14.9 Å². The number of halogens is 2. The molecule has 1 heterocycles. The largest absolute Gasteiger partial charge is 0.435 e. The minimum atomic E-state index is -2.83. The molecular formula is C19H19F2N3O2S. The Hall–Kier alpha value is -2.61. The Kier molecular flexibility index (Phi) is 6.28. The highest BCUT2D eigenvalue weighted by molar-refractivity contribution is 7.99. The number of imidazole rings is 1. The fraction of sp³-hybridized carbons (Fsp3) is 0.263. The molecule has 1 amide bonds. The van der Waals surface area contributed by atoms with Crippen LogP contribution in [0.5, 0.6) is 5.75 Å². The maximum absolute atomic E-state index is 12.1. The number of carbonyl (C=O) groups excluding carboxylic acids is 1. The zero-order valence-electron chi connectivity index (χ0n) is 14.7. The number of thioether (sulfide) groups is 1. The highest BCUT2D eigenvalue weighted by atomic mass is 32.2. The molecule has 5 nitrogen and oxygen atoms in total. The number of fused-ring (bicyclic) bond motifs is 1. The van der Waals surface area contributed by atoms with Crippen LogP contribution < -0.4 is 10.1 Å². The minimum absolute atomic E-state index is 0.0790. The minimum Gasteiger partial charge on any atom is -0.435 e. The lowest BCUT2D eigenvalue weighted by atomic mass is 10.1. The highest BCUT2D eigenvalue weighted by Crippen LogP contribution is 2.22. The van der Waals surface area contributed by atoms with E-state index in [2.05, 4.69) is 15.0 Å². The van der Waals surface area contributed by atoms with E-state index in [-0.39, 0.29) is 17.4 Å². The van der Waals surface area contributed by atoms with Crippen LogP contribution in [-0.4, -0.2) is 34.4 Å². The molecule has 2 aromatic carbocycles. The summed E-state index contributed by atoms with van der Waals surface area (Å²) in [5, 5.41) is 3.65. The van der Waals surface area contributed by atoms with Gasteiger partial charge in [-0.15, -0.1) is 0 Å². The number of aromatic nitrogens is 2. The average Bonchev–Trinajstić information content (AvgIpc) is 2.97. The Bertz CT molecular complexity index is 913. The number of nitrogens with zero attached hydrogens (tertiary/aromatic N) is 2. The van der Waals surface area contributed by atoms with Crippen molar-refractivity contribution < 1.29 is 18.3 Å². The molecule has 0 spiro atoms. The molecule has 0 fully saturated rings. The van der Waals surface area contributed by atoms with Crippen molar-refractivity contribution in [3.05, 3.63) is 54.1 Å². The van der Waals surface area contributed by atoms with Crippen molar-refractivity contribution in [2.45, 2.75) is 18.2 Å². The van der Waals surface area contributed by atoms with Gasteiger partial charge in [-0.3, -0.25) is 4.79 Å². The van der Waals surface area contributed by atoms with Gasteiger partial charge in [0.25, 0.3) is 0 Å². The van der Waals surface area contributed by atoms with Crippen molar-refractivity contribution in [1.29, 1.82) is 0 Å². The fourth-order valence-electron chi connectivity index (χ4n) is 2.62. The van der Waals surface area contributed by atoms with Gasteiger partial charge >= 0.3 is 6.61 Å². The van der Waals surface area contributed by atoms with E-state index in [0.717, 1.165) is 21.8 Å². The summed E-state index contributed by atoms with van der Waals surface area (Å²) in [6.07, 6.45) is 0.609. The second-order valence-corrected chi connectivity index (χ2v) is 6.80. The number of hydrogen-bond acceptors (Lipinski definition) is 4. The summed E-state index contributed by atoms with van der Waals surface area (Å²) in [6, 6.07) is 14.2. The van der Waals surface area contributed by atoms with Crippen molar-refractivity contribution in [3.8, 4) is 5.75 Å². The molecule has 0 aliphatic rings. The maximum atomic E-state index is 12.1. The summed E-state index contributed by atoms with van der Waals surface area (Å²) in [6.45, 7) is -2.36. The zero-order chi connectivity index (χ0) is 19.2. The number of aryl methyl sites for hydroxylation is 1. The Morgan fingerprint density at radius 3 is 2.67 bits per heavy atom. The normalized spacial score (nSPS) is 11.1. The van der Waals surface area contributed by atoms with Gasteiger partial charge in [-0.1, -0.05) is 36.0 Å². The van der Waals surface area contributed by atoms with Gasteiger partial charge in [0.05, 0.1) is 16.8 Å². The summed E-state index contributed by atoms with van der Waals surface area (Å²) in [5.41, 5.74) is 2.86. The predicted molar refractivity (Wildman–Crippen MR) is 101 cm³/mol. The van der Waals surface area contributed by atoms with Crippen LogP contribution in [-0.2, 0) is 18.3 Å². The van der Waals surface area contributed by atoms with Crippen LogP contribution in [0.15, 0.2) is 53.7 Å². The van der Waals surface area contributed by atoms with Gasteiger partial charge in [0.2, 0.25) is 5.91 Å². The number of benzene rings is 2. The number of alkyl halides is 2. The monoisotopic (exact) mass is 391 g/mol. The SMILES string of the molecule is Cn1c(SCC(=O)NCCc2ccc(OC(F)F)cc2)nc2ccccc21. The van der Waals surface area contributed by atoms with E-state index in [4.69, 9.17) is 0 Å². The number of para-hydroxylation sites is 2. The molecular weight excluding hydrogens is 372 g/mol. The second-order valence-electron chi connectivity index (χ2n) is 5.85. The van der Waals surface area contributed by atoms with Gasteiger partial charge in [0.15, 0.2) is 5.16 Å².